The molecule has 0 saturated heterocycles. The molecule has 0 spiro atoms. The van der Waals surface area contributed by atoms with E-state index in [9.17, 15) is 27.6 Å². The van der Waals surface area contributed by atoms with E-state index in [2.05, 4.69) is 10.4 Å². The second kappa shape index (κ2) is 7.74. The number of anilines is 1. The first-order chi connectivity index (χ1) is 13.7. The third-order valence-electron chi connectivity index (χ3n) is 4.04. The van der Waals surface area contributed by atoms with Gasteiger partial charge in [-0.05, 0) is 18.2 Å². The number of rotatable bonds is 4. The van der Waals surface area contributed by atoms with Crippen molar-refractivity contribution in [2.45, 2.75) is 6.18 Å². The van der Waals surface area contributed by atoms with E-state index in [4.69, 9.17) is 0 Å². The Morgan fingerprint density at radius 1 is 1.00 bits per heavy atom. The molecule has 0 radical (unpaired) electrons. The Hall–Kier alpha value is -3.69. The molecule has 0 bridgehead atoms. The Bertz CT molecular complexity index is 1160. The highest BCUT2D eigenvalue weighted by Gasteiger charge is 2.28. The fraction of sp³-hybridized carbons (Fsp3) is 0.158. The number of amides is 2. The van der Waals surface area contributed by atoms with Crippen LogP contribution in [0, 0.1) is 0 Å². The first kappa shape index (κ1) is 20.1. The zero-order valence-electron chi connectivity index (χ0n) is 15.1. The van der Waals surface area contributed by atoms with Crippen LogP contribution in [0.15, 0.2) is 53.3 Å². The number of aryl methyl sites for hydroxylation is 1. The van der Waals surface area contributed by atoms with Crippen molar-refractivity contribution in [1.29, 1.82) is 0 Å². The molecule has 0 unspecified atom stereocenters. The summed E-state index contributed by atoms with van der Waals surface area (Å²) in [6.07, 6.45) is -4.56. The molecule has 0 aliphatic rings. The van der Waals surface area contributed by atoms with Crippen LogP contribution in [-0.4, -0.2) is 34.3 Å². The van der Waals surface area contributed by atoms with E-state index < -0.39 is 24.5 Å². The zero-order valence-corrected chi connectivity index (χ0v) is 15.1. The molecule has 29 heavy (non-hydrogen) atoms. The number of carbonyl (C=O) groups is 2. The van der Waals surface area contributed by atoms with Crippen molar-refractivity contribution >= 4 is 28.3 Å². The topological polar surface area (TPSA) is 93.1 Å². The fourth-order valence-electron chi connectivity index (χ4n) is 2.71. The smallest absolute Gasteiger partial charge is 0.343 e. The summed E-state index contributed by atoms with van der Waals surface area (Å²) in [6.45, 7) is -1.50. The standard InChI is InChI=1S/C19H15F3N4O3/c1-26-18(29)12-7-3-2-6-11(12)15(25-26)17(28)24-14-9-5-4-8-13(14)16(27)23-10-19(20,21)22/h2-9H,10H2,1H3,(H,23,27)(H,24,28). The van der Waals surface area contributed by atoms with Gasteiger partial charge in [0.2, 0.25) is 0 Å². The van der Waals surface area contributed by atoms with Gasteiger partial charge in [0.1, 0.15) is 6.54 Å². The summed E-state index contributed by atoms with van der Waals surface area (Å²) in [5.41, 5.74) is -0.576. The third kappa shape index (κ3) is 4.42. The quantitative estimate of drug-likeness (QED) is 0.699. The van der Waals surface area contributed by atoms with Crippen LogP contribution in [0.3, 0.4) is 0 Å². The molecule has 0 atom stereocenters. The molecule has 3 rings (SSSR count). The summed E-state index contributed by atoms with van der Waals surface area (Å²) in [5.74, 6) is -1.70. The lowest BCUT2D eigenvalue weighted by molar-refractivity contribution is -0.123. The van der Waals surface area contributed by atoms with Gasteiger partial charge in [0.15, 0.2) is 5.69 Å². The summed E-state index contributed by atoms with van der Waals surface area (Å²) in [5, 5.41) is 8.83. The van der Waals surface area contributed by atoms with Crippen LogP contribution in [0.4, 0.5) is 18.9 Å². The van der Waals surface area contributed by atoms with Crippen LogP contribution in [0.25, 0.3) is 10.8 Å². The number of fused-ring (bicyclic) bond motifs is 1. The van der Waals surface area contributed by atoms with Gasteiger partial charge in [-0.25, -0.2) is 4.68 Å². The molecule has 0 saturated carbocycles. The molecular formula is C19H15F3N4O3. The van der Waals surface area contributed by atoms with Crippen LogP contribution in [0.5, 0.6) is 0 Å². The largest absolute Gasteiger partial charge is 0.405 e. The first-order valence-corrected chi connectivity index (χ1v) is 8.39. The number of aromatic nitrogens is 2. The van der Waals surface area contributed by atoms with E-state index in [0.717, 1.165) is 4.68 Å². The maximum Gasteiger partial charge on any atom is 0.405 e. The molecule has 7 nitrogen and oxygen atoms in total. The Kier molecular flexibility index (Phi) is 5.35. The minimum Gasteiger partial charge on any atom is -0.343 e. The van der Waals surface area contributed by atoms with Crippen molar-refractivity contribution in [3.8, 4) is 0 Å². The van der Waals surface area contributed by atoms with E-state index in [1.807, 2.05) is 0 Å². The van der Waals surface area contributed by atoms with E-state index in [1.54, 1.807) is 29.6 Å². The molecule has 0 aliphatic heterocycles. The Morgan fingerprint density at radius 3 is 2.31 bits per heavy atom. The van der Waals surface area contributed by atoms with Gasteiger partial charge in [-0.1, -0.05) is 30.3 Å². The average Bonchev–Trinajstić information content (AvgIpc) is 2.68. The predicted octanol–water partition coefficient (Wildman–Crippen LogP) is 2.48. The van der Waals surface area contributed by atoms with Crippen molar-refractivity contribution in [1.82, 2.24) is 15.1 Å². The summed E-state index contributed by atoms with van der Waals surface area (Å²) in [6, 6.07) is 12.0. The van der Waals surface area contributed by atoms with Gasteiger partial charge in [-0.2, -0.15) is 18.3 Å². The average molecular weight is 404 g/mol. The lowest BCUT2D eigenvalue weighted by Crippen LogP contribution is -2.34. The van der Waals surface area contributed by atoms with Crippen LogP contribution in [-0.2, 0) is 7.05 Å². The van der Waals surface area contributed by atoms with Crippen molar-refractivity contribution in [3.05, 3.63) is 70.1 Å². The second-order valence-electron chi connectivity index (χ2n) is 6.12. The van der Waals surface area contributed by atoms with E-state index >= 15 is 0 Å². The van der Waals surface area contributed by atoms with Crippen LogP contribution < -0.4 is 16.2 Å². The molecule has 0 fully saturated rings. The number of hydrogen-bond acceptors (Lipinski definition) is 4. The van der Waals surface area contributed by atoms with E-state index in [1.165, 1.54) is 31.3 Å². The van der Waals surface area contributed by atoms with Gasteiger partial charge in [0, 0.05) is 12.4 Å². The number of carbonyl (C=O) groups excluding carboxylic acids is 2. The van der Waals surface area contributed by atoms with Crippen LogP contribution in [0.1, 0.15) is 20.8 Å². The molecule has 150 valence electrons. The maximum absolute atomic E-state index is 12.8. The summed E-state index contributed by atoms with van der Waals surface area (Å²) < 4.78 is 38.1. The summed E-state index contributed by atoms with van der Waals surface area (Å²) in [4.78, 5) is 37.1. The highest BCUT2D eigenvalue weighted by Crippen LogP contribution is 2.19. The SMILES string of the molecule is Cn1nc(C(=O)Nc2ccccc2C(=O)NCC(F)(F)F)c2ccccc2c1=O. The van der Waals surface area contributed by atoms with Crippen LogP contribution >= 0.6 is 0 Å². The Morgan fingerprint density at radius 2 is 1.62 bits per heavy atom. The number of alkyl halides is 3. The number of nitrogens with zero attached hydrogens (tertiary/aromatic N) is 2. The number of benzene rings is 2. The number of nitrogens with one attached hydrogen (secondary N) is 2. The number of para-hydroxylation sites is 1. The lowest BCUT2D eigenvalue weighted by atomic mass is 10.1. The molecule has 2 aromatic carbocycles. The van der Waals surface area contributed by atoms with Crippen molar-refractivity contribution < 1.29 is 22.8 Å². The predicted molar refractivity (Wildman–Crippen MR) is 99.8 cm³/mol. The summed E-state index contributed by atoms with van der Waals surface area (Å²) in [7, 11) is 1.39. The van der Waals surface area contributed by atoms with Crippen molar-refractivity contribution in [3.63, 3.8) is 0 Å². The highest BCUT2D eigenvalue weighted by atomic mass is 19.4. The van der Waals surface area contributed by atoms with E-state index in [-0.39, 0.29) is 27.9 Å². The molecule has 1 aromatic heterocycles. The zero-order chi connectivity index (χ0) is 21.2. The minimum atomic E-state index is -4.56. The van der Waals surface area contributed by atoms with Crippen molar-refractivity contribution in [2.24, 2.45) is 7.05 Å². The summed E-state index contributed by atoms with van der Waals surface area (Å²) >= 11 is 0. The second-order valence-corrected chi connectivity index (χ2v) is 6.12. The van der Waals surface area contributed by atoms with Crippen molar-refractivity contribution in [2.75, 3.05) is 11.9 Å². The van der Waals surface area contributed by atoms with Gasteiger partial charge in [-0.3, -0.25) is 14.4 Å². The molecular weight excluding hydrogens is 389 g/mol. The minimum absolute atomic E-state index is 0.0110. The molecule has 1 heterocycles. The fourth-order valence-corrected chi connectivity index (χ4v) is 2.71. The van der Waals surface area contributed by atoms with Gasteiger partial charge in [0.25, 0.3) is 17.4 Å². The van der Waals surface area contributed by atoms with Gasteiger partial charge in [0.05, 0.1) is 16.6 Å². The lowest BCUT2D eigenvalue weighted by Gasteiger charge is -2.13. The molecule has 0 aliphatic carbocycles. The molecule has 2 amide bonds. The first-order valence-electron chi connectivity index (χ1n) is 8.39. The molecule has 3 aromatic rings. The van der Waals surface area contributed by atoms with Crippen LogP contribution in [0.2, 0.25) is 0 Å². The maximum atomic E-state index is 12.8. The van der Waals surface area contributed by atoms with Gasteiger partial charge in [-0.15, -0.1) is 0 Å². The molecule has 2 N–H and O–H groups in total. The van der Waals surface area contributed by atoms with Gasteiger partial charge < -0.3 is 10.6 Å². The highest BCUT2D eigenvalue weighted by molar-refractivity contribution is 6.13. The normalized spacial score (nSPS) is 11.3. The number of halogens is 3. The Balaban J connectivity index is 1.93. The Labute approximate surface area is 162 Å². The third-order valence-corrected chi connectivity index (χ3v) is 4.04. The monoisotopic (exact) mass is 404 g/mol. The number of hydrogen-bond donors (Lipinski definition) is 2. The van der Waals surface area contributed by atoms with E-state index in [0.29, 0.717) is 5.39 Å². The molecule has 10 heteroatoms. The van der Waals surface area contributed by atoms with Gasteiger partial charge >= 0.3 is 6.18 Å².